The molecule has 2 aliphatic carbocycles. The highest BCUT2D eigenvalue weighted by atomic mass is 32.2. The molecular formula is C24H30F4N2O4S. The van der Waals surface area contributed by atoms with Crippen molar-refractivity contribution in [3.05, 3.63) is 29.7 Å². The third kappa shape index (κ3) is 4.13. The van der Waals surface area contributed by atoms with Gasteiger partial charge in [-0.3, -0.25) is 4.90 Å². The molecule has 6 nitrogen and oxygen atoms in total. The van der Waals surface area contributed by atoms with E-state index in [0.717, 1.165) is 31.7 Å². The largest absolute Gasteiger partial charge is 0.534 e. The molecule has 4 aliphatic rings. The van der Waals surface area contributed by atoms with Crippen molar-refractivity contribution in [3.8, 4) is 5.75 Å². The number of fused-ring (bicyclic) bond motifs is 1. The molecule has 2 aromatic rings. The van der Waals surface area contributed by atoms with Crippen LogP contribution < -0.4 is 4.18 Å². The molecule has 2 saturated heterocycles. The van der Waals surface area contributed by atoms with E-state index in [1.165, 1.54) is 18.7 Å². The van der Waals surface area contributed by atoms with Crippen LogP contribution in [0, 0.1) is 16.6 Å². The van der Waals surface area contributed by atoms with E-state index >= 15 is 0 Å². The Bertz CT molecular complexity index is 1220. The van der Waals surface area contributed by atoms with Gasteiger partial charge in [-0.05, 0) is 73.0 Å². The standard InChI is InChI=1S/C24H30F4N2O4S/c1-13(6-19(31)30-14-7-22(2)8-15(30)10-23(3,9-14)12-22)16-11-29-18-5-4-17(25)21(20(16)18)34-35(32,33)24(26,27)28/h4-5,11,13-15,19,29,31H,6-10,12H2,1-3H3. The van der Waals surface area contributed by atoms with Crippen LogP contribution in [0.1, 0.15) is 70.8 Å². The number of nitrogens with zero attached hydrogens (tertiary/aromatic N) is 1. The predicted molar refractivity (Wildman–Crippen MR) is 122 cm³/mol. The first-order chi connectivity index (χ1) is 16.1. The SMILES string of the molecule is CC(CC(O)N1C2CC3(C)CC1CC(C)(C2)C3)c1c[nH]c2ccc(F)c(OS(=O)(=O)C(F)(F)F)c12. The fourth-order valence-electron chi connectivity index (χ4n) is 7.50. The monoisotopic (exact) mass is 518 g/mol. The second-order valence-electron chi connectivity index (χ2n) is 11.5. The molecule has 0 amide bonds. The Morgan fingerprint density at radius 3 is 2.29 bits per heavy atom. The van der Waals surface area contributed by atoms with Crippen molar-refractivity contribution < 1.29 is 35.3 Å². The molecule has 3 heterocycles. The predicted octanol–water partition coefficient (Wildman–Crippen LogP) is 5.39. The van der Waals surface area contributed by atoms with Crippen LogP contribution in [0.5, 0.6) is 5.75 Å². The zero-order chi connectivity index (χ0) is 25.6. The number of aromatic nitrogens is 1. The molecule has 6 rings (SSSR count). The van der Waals surface area contributed by atoms with Crippen LogP contribution in [0.4, 0.5) is 17.6 Å². The van der Waals surface area contributed by atoms with Gasteiger partial charge in [0.1, 0.15) is 6.23 Å². The summed E-state index contributed by atoms with van der Waals surface area (Å²) in [5.41, 5.74) is -4.50. The summed E-state index contributed by atoms with van der Waals surface area (Å²) < 4.78 is 80.9. The van der Waals surface area contributed by atoms with Gasteiger partial charge in [0.15, 0.2) is 11.6 Å². The molecule has 2 atom stereocenters. The number of piperidine rings is 2. The van der Waals surface area contributed by atoms with Crippen LogP contribution in [-0.2, 0) is 10.1 Å². The molecule has 2 N–H and O–H groups in total. The Hall–Kier alpha value is -1.85. The quantitative estimate of drug-likeness (QED) is 0.304. The lowest BCUT2D eigenvalue weighted by Crippen LogP contribution is -2.66. The molecule has 35 heavy (non-hydrogen) atoms. The minimum Gasteiger partial charge on any atom is -0.378 e. The molecule has 2 unspecified atom stereocenters. The average Bonchev–Trinajstić information content (AvgIpc) is 3.11. The number of nitrogens with one attached hydrogen (secondary N) is 1. The molecule has 1 aromatic carbocycles. The van der Waals surface area contributed by atoms with Gasteiger partial charge in [0.2, 0.25) is 0 Å². The highest BCUT2D eigenvalue weighted by Crippen LogP contribution is 2.61. The number of aliphatic hydroxyl groups is 1. The van der Waals surface area contributed by atoms with Crippen LogP contribution in [0.2, 0.25) is 0 Å². The smallest absolute Gasteiger partial charge is 0.378 e. The summed E-state index contributed by atoms with van der Waals surface area (Å²) in [5, 5.41) is 11.2. The Balaban J connectivity index is 1.42. The summed E-state index contributed by atoms with van der Waals surface area (Å²) in [6.45, 7) is 6.43. The number of H-pyrrole nitrogens is 1. The molecule has 0 spiro atoms. The maximum atomic E-state index is 14.6. The van der Waals surface area contributed by atoms with Crippen molar-refractivity contribution in [2.75, 3.05) is 0 Å². The summed E-state index contributed by atoms with van der Waals surface area (Å²) in [6.07, 6.45) is 6.28. The van der Waals surface area contributed by atoms with Crippen LogP contribution >= 0.6 is 0 Å². The van der Waals surface area contributed by atoms with Gasteiger partial charge in [-0.2, -0.15) is 21.6 Å². The first-order valence-corrected chi connectivity index (χ1v) is 13.3. The molecule has 0 radical (unpaired) electrons. The fourth-order valence-corrected chi connectivity index (χ4v) is 7.97. The number of benzene rings is 1. The van der Waals surface area contributed by atoms with Gasteiger partial charge < -0.3 is 14.3 Å². The van der Waals surface area contributed by atoms with Gasteiger partial charge in [0.25, 0.3) is 0 Å². The summed E-state index contributed by atoms with van der Waals surface area (Å²) in [4.78, 5) is 5.05. The molecule has 2 aliphatic heterocycles. The molecule has 194 valence electrons. The van der Waals surface area contributed by atoms with Crippen molar-refractivity contribution in [2.24, 2.45) is 10.8 Å². The molecule has 4 fully saturated rings. The van der Waals surface area contributed by atoms with E-state index in [0.29, 0.717) is 5.56 Å². The van der Waals surface area contributed by atoms with Crippen LogP contribution in [0.15, 0.2) is 18.3 Å². The highest BCUT2D eigenvalue weighted by molar-refractivity contribution is 7.88. The topological polar surface area (TPSA) is 82.6 Å². The van der Waals surface area contributed by atoms with E-state index < -0.39 is 39.3 Å². The zero-order valence-corrected chi connectivity index (χ0v) is 20.6. The number of alkyl halides is 3. The van der Waals surface area contributed by atoms with Gasteiger partial charge in [-0.15, -0.1) is 0 Å². The zero-order valence-electron chi connectivity index (χ0n) is 19.8. The molecule has 2 saturated carbocycles. The Morgan fingerprint density at radius 1 is 1.17 bits per heavy atom. The van der Waals surface area contributed by atoms with Crippen LogP contribution in [0.25, 0.3) is 10.9 Å². The van der Waals surface area contributed by atoms with Crippen molar-refractivity contribution >= 4 is 21.0 Å². The Morgan fingerprint density at radius 2 is 1.74 bits per heavy atom. The molecular weight excluding hydrogens is 488 g/mol. The van der Waals surface area contributed by atoms with Crippen LogP contribution in [0.3, 0.4) is 0 Å². The third-order valence-corrected chi connectivity index (χ3v) is 9.26. The highest BCUT2D eigenvalue weighted by Gasteiger charge is 2.58. The van der Waals surface area contributed by atoms with Crippen LogP contribution in [-0.4, -0.2) is 47.2 Å². The van der Waals surface area contributed by atoms with Crippen molar-refractivity contribution in [2.45, 2.75) is 89.0 Å². The number of hydrogen-bond donors (Lipinski definition) is 2. The number of halogens is 4. The Kier molecular flexibility index (Phi) is 5.55. The van der Waals surface area contributed by atoms with Gasteiger partial charge >= 0.3 is 15.6 Å². The summed E-state index contributed by atoms with van der Waals surface area (Å²) in [7, 11) is -6.06. The molecule has 4 bridgehead atoms. The van der Waals surface area contributed by atoms with Crippen molar-refractivity contribution in [1.29, 1.82) is 0 Å². The third-order valence-electron chi connectivity index (χ3n) is 8.31. The van der Waals surface area contributed by atoms with E-state index in [4.69, 9.17) is 0 Å². The van der Waals surface area contributed by atoms with Crippen molar-refractivity contribution in [3.63, 3.8) is 0 Å². The van der Waals surface area contributed by atoms with E-state index in [9.17, 15) is 31.1 Å². The first-order valence-electron chi connectivity index (χ1n) is 11.9. The number of aromatic amines is 1. The minimum absolute atomic E-state index is 0.0716. The van der Waals surface area contributed by atoms with E-state index in [1.54, 1.807) is 6.92 Å². The minimum atomic E-state index is -6.06. The summed E-state index contributed by atoms with van der Waals surface area (Å²) >= 11 is 0. The Labute approximate surface area is 201 Å². The van der Waals surface area contributed by atoms with Gasteiger partial charge in [-0.1, -0.05) is 20.8 Å². The van der Waals surface area contributed by atoms with E-state index in [1.807, 2.05) is 0 Å². The lowest BCUT2D eigenvalue weighted by molar-refractivity contribution is -0.191. The van der Waals surface area contributed by atoms with Gasteiger partial charge in [0.05, 0.1) is 0 Å². The van der Waals surface area contributed by atoms with E-state index in [2.05, 4.69) is 27.9 Å². The second kappa shape index (κ2) is 7.82. The van der Waals surface area contributed by atoms with Crippen molar-refractivity contribution in [1.82, 2.24) is 9.88 Å². The summed E-state index contributed by atoms with van der Waals surface area (Å²) in [5.74, 6) is -2.63. The number of rotatable bonds is 6. The van der Waals surface area contributed by atoms with Gasteiger partial charge in [0, 0.05) is 29.2 Å². The molecule has 1 aromatic heterocycles. The molecule has 11 heteroatoms. The fraction of sp³-hybridized carbons (Fsp3) is 0.667. The van der Waals surface area contributed by atoms with E-state index in [-0.39, 0.29) is 40.2 Å². The number of hydrogen-bond acceptors (Lipinski definition) is 5. The maximum Gasteiger partial charge on any atom is 0.534 e. The second-order valence-corrected chi connectivity index (χ2v) is 13.1. The lowest BCUT2D eigenvalue weighted by atomic mass is 9.50. The maximum absolute atomic E-state index is 14.6. The van der Waals surface area contributed by atoms with Gasteiger partial charge in [-0.25, -0.2) is 4.39 Å². The average molecular weight is 519 g/mol. The summed E-state index contributed by atoms with van der Waals surface area (Å²) in [6, 6.07) is 2.70. The normalized spacial score (nSPS) is 32.8. The lowest BCUT2D eigenvalue weighted by Gasteiger charge is -2.65. The number of aliphatic hydroxyl groups excluding tert-OH is 1. The first kappa shape index (κ1) is 24.8.